The highest BCUT2D eigenvalue weighted by molar-refractivity contribution is 6.10. The van der Waals surface area contributed by atoms with Crippen molar-refractivity contribution in [1.82, 2.24) is 4.98 Å². The number of pyridine rings is 1. The number of hydrogen-bond acceptors (Lipinski definition) is 6. The first-order valence-electron chi connectivity index (χ1n) is 6.43. The van der Waals surface area contributed by atoms with Crippen LogP contribution >= 0.6 is 11.8 Å². The summed E-state index contributed by atoms with van der Waals surface area (Å²) in [6, 6.07) is 6.67. The molecule has 8 nitrogen and oxygen atoms in total. The molecule has 23 heavy (non-hydrogen) atoms. The zero-order valence-electron chi connectivity index (χ0n) is 12.0. The predicted octanol–water partition coefficient (Wildman–Crippen LogP) is 2.51. The van der Waals surface area contributed by atoms with Crippen LogP contribution in [0, 0.1) is 10.1 Å². The smallest absolute Gasteiger partial charge is 0.319 e. The molecule has 2 rings (SSSR count). The van der Waals surface area contributed by atoms with E-state index in [9.17, 15) is 20.3 Å². The molecule has 0 saturated carbocycles. The molecule has 0 aliphatic carbocycles. The van der Waals surface area contributed by atoms with Crippen LogP contribution in [0.5, 0.6) is 11.5 Å². The van der Waals surface area contributed by atoms with E-state index in [0.717, 1.165) is 10.3 Å². The normalized spacial score (nSPS) is 11.7. The number of phenols is 1. The number of rotatable bonds is 5. The zero-order valence-corrected chi connectivity index (χ0v) is 12.8. The van der Waals surface area contributed by atoms with Crippen LogP contribution in [0.2, 0.25) is 0 Å². The molecule has 0 spiro atoms. The van der Waals surface area contributed by atoms with Gasteiger partial charge >= 0.3 is 11.8 Å². The number of non-ortho nitro benzene ring substituents is 1. The molecular formula is C14H13ClN3O5+. The van der Waals surface area contributed by atoms with Gasteiger partial charge in [0.15, 0.2) is 12.3 Å². The fourth-order valence-electron chi connectivity index (χ4n) is 1.77. The van der Waals surface area contributed by atoms with Gasteiger partial charge in [-0.1, -0.05) is 0 Å². The fraction of sp³-hybridized carbons (Fsp3) is 0.143. The van der Waals surface area contributed by atoms with E-state index >= 15 is 0 Å². The highest BCUT2D eigenvalue weighted by atomic mass is 35.5. The number of halogens is 1. The number of benzene rings is 1. The van der Waals surface area contributed by atoms with Crippen LogP contribution in [-0.2, 0) is 11.4 Å². The first-order valence-corrected chi connectivity index (χ1v) is 6.77. The van der Waals surface area contributed by atoms with E-state index in [1.165, 1.54) is 24.4 Å². The van der Waals surface area contributed by atoms with Gasteiger partial charge in [0, 0.05) is 24.8 Å². The van der Waals surface area contributed by atoms with Crippen LogP contribution in [0.4, 0.5) is 5.69 Å². The molecule has 0 saturated heterocycles. The van der Waals surface area contributed by atoms with Crippen LogP contribution in [-0.4, -0.2) is 30.1 Å². The van der Waals surface area contributed by atoms with Gasteiger partial charge in [-0.2, -0.15) is 0 Å². The van der Waals surface area contributed by atoms with E-state index in [-0.39, 0.29) is 29.5 Å². The lowest BCUT2D eigenvalue weighted by Gasteiger charge is -2.03. The van der Waals surface area contributed by atoms with E-state index in [1.54, 1.807) is 13.0 Å². The van der Waals surface area contributed by atoms with Crippen LogP contribution in [0.1, 0.15) is 18.2 Å². The molecule has 0 aliphatic rings. The van der Waals surface area contributed by atoms with Gasteiger partial charge in [0.1, 0.15) is 11.5 Å². The van der Waals surface area contributed by atoms with Crippen LogP contribution < -0.4 is 0 Å². The average Bonchev–Trinajstić information content (AvgIpc) is 2.53. The summed E-state index contributed by atoms with van der Waals surface area (Å²) in [5.41, 5.74) is 0.677. The van der Waals surface area contributed by atoms with Gasteiger partial charge in [-0.25, -0.2) is 4.98 Å². The van der Waals surface area contributed by atoms with Crippen molar-refractivity contribution >= 4 is 23.2 Å². The minimum atomic E-state index is -0.611. The van der Waals surface area contributed by atoms with E-state index in [0.29, 0.717) is 11.3 Å². The van der Waals surface area contributed by atoms with Crippen molar-refractivity contribution < 1.29 is 24.2 Å². The third-order valence-corrected chi connectivity index (χ3v) is 3.36. The van der Waals surface area contributed by atoms with Crippen LogP contribution in [0.15, 0.2) is 36.5 Å². The second kappa shape index (κ2) is 6.93. The van der Waals surface area contributed by atoms with Crippen molar-refractivity contribution in [3.63, 3.8) is 0 Å². The molecule has 0 atom stereocenters. The number of nitro benzene ring substituents is 1. The van der Waals surface area contributed by atoms with E-state index in [1.807, 2.05) is 0 Å². The Morgan fingerprint density at radius 3 is 2.70 bits per heavy atom. The summed E-state index contributed by atoms with van der Waals surface area (Å²) in [4.78, 5) is 19.2. The van der Waals surface area contributed by atoms with Gasteiger partial charge in [-0.05, 0) is 18.2 Å². The van der Waals surface area contributed by atoms with E-state index in [2.05, 4.69) is 4.98 Å². The number of aromatic hydroxyl groups is 2. The van der Waals surface area contributed by atoms with Gasteiger partial charge in [-0.15, -0.1) is 0 Å². The minimum absolute atomic E-state index is 0.0579. The molecule has 9 heteroatoms. The Labute approximate surface area is 136 Å². The molecule has 0 unspecified atom stereocenters. The van der Waals surface area contributed by atoms with Crippen molar-refractivity contribution in [2.24, 2.45) is 0 Å². The summed E-state index contributed by atoms with van der Waals surface area (Å²) >= 11 is 5.95. The Balaban J connectivity index is 2.15. The maximum absolute atomic E-state index is 10.6. The molecule has 2 aromatic rings. The maximum atomic E-state index is 10.6. The largest absolute Gasteiger partial charge is 0.507 e. The standard InChI is InChI=1S/C14H12ClN3O5/c1-9(14-12(19)3-2-6-16-14)17(15)23-8-10-4-5-11(18(21)22)7-13(10)20/h2-7,20H,8H2,1H3/p+1. The Bertz CT molecular complexity index is 779. The van der Waals surface area contributed by atoms with Gasteiger partial charge in [0.25, 0.3) is 11.4 Å². The summed E-state index contributed by atoms with van der Waals surface area (Å²) in [5, 5.41) is 30.1. The molecule has 0 aliphatic heterocycles. The summed E-state index contributed by atoms with van der Waals surface area (Å²) in [6.07, 6.45) is 1.49. The van der Waals surface area contributed by atoms with Gasteiger partial charge in [0.05, 0.1) is 15.2 Å². The number of aromatic nitrogens is 1. The number of phenolic OH excluding ortho intramolecular Hbond substituents is 1. The number of nitrogens with zero attached hydrogens (tertiary/aromatic N) is 3. The quantitative estimate of drug-likeness (QED) is 0.375. The average molecular weight is 339 g/mol. The molecule has 1 aromatic heterocycles. The lowest BCUT2D eigenvalue weighted by atomic mass is 10.2. The second-order valence-electron chi connectivity index (χ2n) is 4.54. The third-order valence-electron chi connectivity index (χ3n) is 3.01. The highest BCUT2D eigenvalue weighted by Crippen LogP contribution is 2.24. The first-order chi connectivity index (χ1) is 10.9. The van der Waals surface area contributed by atoms with Crippen molar-refractivity contribution in [2.45, 2.75) is 13.5 Å². The van der Waals surface area contributed by atoms with E-state index < -0.39 is 4.92 Å². The SMILES string of the molecule is CC(c1ncccc1O)=[N+](Cl)OCc1ccc([N+](=O)[O-])cc1O. The van der Waals surface area contributed by atoms with Crippen molar-refractivity contribution in [1.29, 1.82) is 0 Å². The first kappa shape index (κ1) is 16.5. The topological polar surface area (TPSA) is 109 Å². The molecule has 1 aromatic carbocycles. The Kier molecular flexibility index (Phi) is 4.97. The summed E-state index contributed by atoms with van der Waals surface area (Å²) in [5.74, 6) is -0.333. The highest BCUT2D eigenvalue weighted by Gasteiger charge is 2.20. The van der Waals surface area contributed by atoms with Crippen molar-refractivity contribution in [3.05, 3.63) is 57.9 Å². The lowest BCUT2D eigenvalue weighted by Crippen LogP contribution is -2.13. The van der Waals surface area contributed by atoms with Crippen LogP contribution in [0.3, 0.4) is 0 Å². The zero-order chi connectivity index (χ0) is 17.0. The third kappa shape index (κ3) is 3.86. The summed E-state index contributed by atoms with van der Waals surface area (Å²) < 4.78 is 0.878. The summed E-state index contributed by atoms with van der Waals surface area (Å²) in [7, 11) is 0. The fourth-order valence-corrected chi connectivity index (χ4v) is 1.90. The van der Waals surface area contributed by atoms with Gasteiger partial charge in [0.2, 0.25) is 0 Å². The van der Waals surface area contributed by atoms with Crippen LogP contribution in [0.25, 0.3) is 0 Å². The lowest BCUT2D eigenvalue weighted by molar-refractivity contribution is -0.688. The molecule has 0 radical (unpaired) electrons. The number of hydrogen-bond donors (Lipinski definition) is 2. The number of nitro groups is 1. The molecular weight excluding hydrogens is 326 g/mol. The molecule has 2 N–H and O–H groups in total. The van der Waals surface area contributed by atoms with E-state index in [4.69, 9.17) is 16.6 Å². The monoisotopic (exact) mass is 338 g/mol. The predicted molar refractivity (Wildman–Crippen MR) is 81.3 cm³/mol. The molecule has 120 valence electrons. The summed E-state index contributed by atoms with van der Waals surface area (Å²) in [6.45, 7) is 1.46. The molecule has 0 amide bonds. The minimum Gasteiger partial charge on any atom is -0.507 e. The van der Waals surface area contributed by atoms with Crippen molar-refractivity contribution in [2.75, 3.05) is 0 Å². The van der Waals surface area contributed by atoms with Gasteiger partial charge in [-0.3, -0.25) is 15.0 Å². The van der Waals surface area contributed by atoms with Crippen molar-refractivity contribution in [3.8, 4) is 11.5 Å². The van der Waals surface area contributed by atoms with Gasteiger partial charge < -0.3 is 10.2 Å². The maximum Gasteiger partial charge on any atom is 0.319 e. The molecule has 0 fully saturated rings. The Morgan fingerprint density at radius 2 is 2.09 bits per heavy atom. The molecule has 0 bridgehead atoms. The Morgan fingerprint density at radius 1 is 1.35 bits per heavy atom. The second-order valence-corrected chi connectivity index (χ2v) is 4.85. The molecule has 1 heterocycles. The Hall–Kier alpha value is -2.87.